The third-order valence-corrected chi connectivity index (χ3v) is 5.35. The first kappa shape index (κ1) is 13.4. The van der Waals surface area contributed by atoms with Crippen molar-refractivity contribution in [3.05, 3.63) is 0 Å². The Morgan fingerprint density at radius 2 is 2.00 bits per heavy atom. The Morgan fingerprint density at radius 1 is 1.26 bits per heavy atom. The van der Waals surface area contributed by atoms with Gasteiger partial charge in [-0.2, -0.15) is 0 Å². The number of likely N-dealkylation sites (tertiary alicyclic amines) is 1. The van der Waals surface area contributed by atoms with Gasteiger partial charge in [-0.05, 0) is 44.6 Å². The third kappa shape index (κ3) is 2.79. The van der Waals surface area contributed by atoms with Gasteiger partial charge in [0.25, 0.3) is 0 Å². The molecule has 4 heteroatoms. The summed E-state index contributed by atoms with van der Waals surface area (Å²) < 4.78 is 0. The molecule has 1 saturated heterocycles. The lowest BCUT2D eigenvalue weighted by atomic mass is 10.1. The first-order valence-electron chi connectivity index (χ1n) is 7.87. The SMILES string of the molecule is O=C(NCC1CCN(C2CCCC2)C1)C1(CO)CC1. The standard InChI is InChI=1S/C15H26N2O2/c18-11-15(6-7-15)14(19)16-9-12-5-8-17(10-12)13-3-1-2-4-13/h12-13,18H,1-11H2,(H,16,19). The van der Waals surface area contributed by atoms with Crippen LogP contribution in [-0.2, 0) is 4.79 Å². The van der Waals surface area contributed by atoms with Crippen molar-refractivity contribution in [1.82, 2.24) is 10.2 Å². The number of aliphatic hydroxyl groups excluding tert-OH is 1. The smallest absolute Gasteiger partial charge is 0.228 e. The minimum atomic E-state index is -0.413. The highest BCUT2D eigenvalue weighted by Crippen LogP contribution is 2.45. The summed E-state index contributed by atoms with van der Waals surface area (Å²) in [5.74, 6) is 0.688. The zero-order valence-electron chi connectivity index (χ0n) is 11.7. The second-order valence-electron chi connectivity index (χ2n) is 6.74. The number of carbonyl (C=O) groups is 1. The van der Waals surface area contributed by atoms with Crippen LogP contribution in [0, 0.1) is 11.3 Å². The van der Waals surface area contributed by atoms with Crippen LogP contribution >= 0.6 is 0 Å². The van der Waals surface area contributed by atoms with Crippen molar-refractivity contribution in [3.63, 3.8) is 0 Å². The number of nitrogens with zero attached hydrogens (tertiary/aromatic N) is 1. The van der Waals surface area contributed by atoms with Gasteiger partial charge in [0.1, 0.15) is 0 Å². The van der Waals surface area contributed by atoms with Gasteiger partial charge in [-0.15, -0.1) is 0 Å². The molecule has 2 N–H and O–H groups in total. The lowest BCUT2D eigenvalue weighted by Gasteiger charge is -2.23. The van der Waals surface area contributed by atoms with Crippen LogP contribution in [0.15, 0.2) is 0 Å². The number of carbonyl (C=O) groups excluding carboxylic acids is 1. The summed E-state index contributed by atoms with van der Waals surface area (Å²) in [7, 11) is 0. The van der Waals surface area contributed by atoms with Crippen molar-refractivity contribution in [3.8, 4) is 0 Å². The average molecular weight is 266 g/mol. The Bertz CT molecular complexity index is 335. The average Bonchev–Trinajstić information content (AvgIpc) is 2.86. The van der Waals surface area contributed by atoms with Gasteiger partial charge in [-0.3, -0.25) is 4.79 Å². The zero-order valence-corrected chi connectivity index (χ0v) is 11.7. The van der Waals surface area contributed by atoms with E-state index < -0.39 is 5.41 Å². The van der Waals surface area contributed by atoms with E-state index in [0.717, 1.165) is 32.0 Å². The predicted molar refractivity (Wildman–Crippen MR) is 73.7 cm³/mol. The molecule has 108 valence electrons. The van der Waals surface area contributed by atoms with Crippen molar-refractivity contribution in [2.45, 2.75) is 51.0 Å². The van der Waals surface area contributed by atoms with Gasteiger partial charge >= 0.3 is 0 Å². The zero-order chi connectivity index (χ0) is 13.3. The summed E-state index contributed by atoms with van der Waals surface area (Å²) >= 11 is 0. The number of amides is 1. The summed E-state index contributed by atoms with van der Waals surface area (Å²) in [5, 5.41) is 12.3. The van der Waals surface area contributed by atoms with E-state index in [1.54, 1.807) is 0 Å². The Morgan fingerprint density at radius 3 is 2.63 bits per heavy atom. The molecule has 0 radical (unpaired) electrons. The quantitative estimate of drug-likeness (QED) is 0.784. The van der Waals surface area contributed by atoms with E-state index in [2.05, 4.69) is 10.2 Å². The van der Waals surface area contributed by atoms with E-state index in [9.17, 15) is 9.90 Å². The maximum Gasteiger partial charge on any atom is 0.228 e. The molecule has 0 spiro atoms. The molecule has 1 unspecified atom stereocenters. The number of hydrogen-bond donors (Lipinski definition) is 2. The molecule has 0 aromatic carbocycles. The van der Waals surface area contributed by atoms with E-state index in [0.29, 0.717) is 5.92 Å². The molecule has 3 aliphatic rings. The fourth-order valence-electron chi connectivity index (χ4n) is 3.66. The third-order valence-electron chi connectivity index (χ3n) is 5.35. The van der Waals surface area contributed by atoms with Gasteiger partial charge in [-0.1, -0.05) is 12.8 Å². The van der Waals surface area contributed by atoms with Gasteiger partial charge in [0, 0.05) is 19.1 Å². The molecule has 2 aliphatic carbocycles. The minimum Gasteiger partial charge on any atom is -0.395 e. The maximum absolute atomic E-state index is 12.0. The molecule has 2 saturated carbocycles. The van der Waals surface area contributed by atoms with Crippen LogP contribution in [0.5, 0.6) is 0 Å². The molecule has 3 rings (SSSR count). The largest absolute Gasteiger partial charge is 0.395 e. The molecule has 0 aromatic rings. The lowest BCUT2D eigenvalue weighted by molar-refractivity contribution is -0.127. The lowest BCUT2D eigenvalue weighted by Crippen LogP contribution is -2.38. The summed E-state index contributed by atoms with van der Waals surface area (Å²) in [6, 6.07) is 0.813. The van der Waals surface area contributed by atoms with Crippen LogP contribution in [0.3, 0.4) is 0 Å². The van der Waals surface area contributed by atoms with E-state index in [-0.39, 0.29) is 12.5 Å². The first-order valence-corrected chi connectivity index (χ1v) is 7.87. The molecule has 4 nitrogen and oxygen atoms in total. The van der Waals surface area contributed by atoms with Gasteiger partial charge in [0.15, 0.2) is 0 Å². The van der Waals surface area contributed by atoms with Crippen molar-refractivity contribution in [2.24, 2.45) is 11.3 Å². The summed E-state index contributed by atoms with van der Waals surface area (Å²) in [5.41, 5.74) is -0.413. The van der Waals surface area contributed by atoms with E-state index >= 15 is 0 Å². The Hall–Kier alpha value is -0.610. The van der Waals surface area contributed by atoms with Gasteiger partial charge in [0.2, 0.25) is 5.91 Å². The van der Waals surface area contributed by atoms with Gasteiger partial charge in [-0.25, -0.2) is 0 Å². The molecule has 0 bridgehead atoms. The molecule has 1 atom stereocenters. The number of hydrogen-bond acceptors (Lipinski definition) is 3. The topological polar surface area (TPSA) is 52.6 Å². The highest BCUT2D eigenvalue weighted by atomic mass is 16.3. The maximum atomic E-state index is 12.0. The Kier molecular flexibility index (Phi) is 3.81. The fourth-order valence-corrected chi connectivity index (χ4v) is 3.66. The Balaban J connectivity index is 1.41. The molecule has 1 amide bonds. The highest BCUT2D eigenvalue weighted by molar-refractivity contribution is 5.85. The van der Waals surface area contributed by atoms with Gasteiger partial charge < -0.3 is 15.3 Å². The fraction of sp³-hybridized carbons (Fsp3) is 0.933. The number of rotatable bonds is 5. The summed E-state index contributed by atoms with van der Waals surface area (Å²) in [4.78, 5) is 14.6. The van der Waals surface area contributed by atoms with E-state index in [1.807, 2.05) is 0 Å². The second kappa shape index (κ2) is 5.41. The van der Waals surface area contributed by atoms with Crippen molar-refractivity contribution < 1.29 is 9.90 Å². The molecular weight excluding hydrogens is 240 g/mol. The first-order chi connectivity index (χ1) is 9.23. The molecular formula is C15H26N2O2. The van der Waals surface area contributed by atoms with Crippen LogP contribution < -0.4 is 5.32 Å². The predicted octanol–water partition coefficient (Wildman–Crippen LogP) is 1.14. The van der Waals surface area contributed by atoms with Crippen molar-refractivity contribution in [1.29, 1.82) is 0 Å². The van der Waals surface area contributed by atoms with Crippen LogP contribution in [0.25, 0.3) is 0 Å². The molecule has 1 heterocycles. The molecule has 1 aliphatic heterocycles. The normalized spacial score (nSPS) is 30.7. The van der Waals surface area contributed by atoms with Crippen molar-refractivity contribution in [2.75, 3.05) is 26.2 Å². The summed E-state index contributed by atoms with van der Waals surface area (Å²) in [6.07, 6.45) is 8.44. The van der Waals surface area contributed by atoms with Crippen LogP contribution in [0.2, 0.25) is 0 Å². The number of aliphatic hydroxyl groups is 1. The minimum absolute atomic E-state index is 0.0116. The molecule has 19 heavy (non-hydrogen) atoms. The highest BCUT2D eigenvalue weighted by Gasteiger charge is 2.49. The molecule has 3 fully saturated rings. The monoisotopic (exact) mass is 266 g/mol. The van der Waals surface area contributed by atoms with Crippen LogP contribution in [-0.4, -0.2) is 48.2 Å². The number of nitrogens with one attached hydrogen (secondary N) is 1. The summed E-state index contributed by atoms with van der Waals surface area (Å²) in [6.45, 7) is 3.16. The van der Waals surface area contributed by atoms with E-state index in [4.69, 9.17) is 0 Å². The van der Waals surface area contributed by atoms with E-state index in [1.165, 1.54) is 38.6 Å². The second-order valence-corrected chi connectivity index (χ2v) is 6.74. The molecule has 0 aromatic heterocycles. The van der Waals surface area contributed by atoms with Crippen LogP contribution in [0.1, 0.15) is 44.9 Å². The Labute approximate surface area is 115 Å². The van der Waals surface area contributed by atoms with Crippen molar-refractivity contribution >= 4 is 5.91 Å². The van der Waals surface area contributed by atoms with Gasteiger partial charge in [0.05, 0.1) is 12.0 Å². The van der Waals surface area contributed by atoms with Crippen LogP contribution in [0.4, 0.5) is 0 Å².